The maximum Gasteiger partial charge on any atom is 0.128 e. The number of benzene rings is 1. The van der Waals surface area contributed by atoms with Crippen LogP contribution in [0.25, 0.3) is 0 Å². The van der Waals surface area contributed by atoms with Crippen LogP contribution in [-0.4, -0.2) is 11.2 Å². The van der Waals surface area contributed by atoms with Gasteiger partial charge in [0.05, 0.1) is 12.1 Å². The van der Waals surface area contributed by atoms with E-state index in [1.807, 2.05) is 0 Å². The van der Waals surface area contributed by atoms with E-state index in [1.54, 1.807) is 12.1 Å². The molecule has 0 aliphatic heterocycles. The Morgan fingerprint density at radius 1 is 1.33 bits per heavy atom. The number of nitrogens with two attached hydrogens (primary N) is 1. The van der Waals surface area contributed by atoms with Crippen molar-refractivity contribution >= 4 is 35.0 Å². The molecule has 1 aromatic carbocycles. The van der Waals surface area contributed by atoms with Crippen LogP contribution in [0.2, 0.25) is 0 Å². The molecule has 0 aliphatic carbocycles. The topological polar surface area (TPSA) is 46.2 Å². The second-order valence-electron chi connectivity index (χ2n) is 4.73. The third-order valence-corrected chi connectivity index (χ3v) is 3.44. The van der Waals surface area contributed by atoms with Gasteiger partial charge in [-0.25, -0.2) is 4.39 Å². The highest BCUT2D eigenvalue weighted by molar-refractivity contribution is 14.1. The summed E-state index contributed by atoms with van der Waals surface area (Å²) in [6, 6.07) is 4.13. The Morgan fingerprint density at radius 3 is 2.50 bits per heavy atom. The fraction of sp³-hybridized carbons (Fsp3) is 0.538. The number of hydrogen-bond donors (Lipinski definition) is 2. The van der Waals surface area contributed by atoms with E-state index in [0.29, 0.717) is 17.9 Å². The number of halogens is 3. The Kier molecular flexibility index (Phi) is 8.34. The summed E-state index contributed by atoms with van der Waals surface area (Å²) in [4.78, 5) is 0. The zero-order valence-electron chi connectivity index (χ0n) is 10.6. The Bertz CT molecular complexity index is 376. The fourth-order valence-electron chi connectivity index (χ4n) is 1.66. The fourth-order valence-corrected chi connectivity index (χ4v) is 2.18. The van der Waals surface area contributed by atoms with Crippen LogP contribution in [0, 0.1) is 15.3 Å². The van der Waals surface area contributed by atoms with Gasteiger partial charge in [-0.05, 0) is 59.5 Å². The van der Waals surface area contributed by atoms with Gasteiger partial charge < -0.3 is 10.8 Å². The van der Waals surface area contributed by atoms with Crippen molar-refractivity contribution < 1.29 is 9.50 Å². The molecule has 0 spiro atoms. The molecule has 0 aromatic heterocycles. The largest absolute Gasteiger partial charge is 0.391 e. The van der Waals surface area contributed by atoms with Gasteiger partial charge in [0.15, 0.2) is 0 Å². The monoisotopic (exact) mass is 387 g/mol. The number of aliphatic hydroxyl groups is 1. The van der Waals surface area contributed by atoms with Gasteiger partial charge in [-0.3, -0.25) is 0 Å². The molecule has 2 nitrogen and oxygen atoms in total. The van der Waals surface area contributed by atoms with Gasteiger partial charge in [0.25, 0.3) is 0 Å². The maximum absolute atomic E-state index is 13.6. The van der Waals surface area contributed by atoms with Gasteiger partial charge in [0.2, 0.25) is 0 Å². The predicted octanol–water partition coefficient (Wildman–Crippen LogP) is 3.65. The highest BCUT2D eigenvalue weighted by Crippen LogP contribution is 2.23. The van der Waals surface area contributed by atoms with Crippen LogP contribution < -0.4 is 5.73 Å². The van der Waals surface area contributed by atoms with Crippen LogP contribution >= 0.6 is 35.0 Å². The van der Waals surface area contributed by atoms with Crippen LogP contribution in [-0.2, 0) is 0 Å². The molecular formula is C13H20ClFINO. The van der Waals surface area contributed by atoms with Gasteiger partial charge >= 0.3 is 0 Å². The van der Waals surface area contributed by atoms with E-state index in [1.165, 1.54) is 6.07 Å². The molecule has 0 saturated heterocycles. The average molecular weight is 388 g/mol. The summed E-state index contributed by atoms with van der Waals surface area (Å²) in [6.07, 6.45) is 0.801. The van der Waals surface area contributed by atoms with Gasteiger partial charge in [0, 0.05) is 9.13 Å². The molecule has 2 atom stereocenters. The Balaban J connectivity index is 0.00000289. The molecule has 0 fully saturated rings. The van der Waals surface area contributed by atoms with E-state index in [0.717, 1.165) is 9.99 Å². The smallest absolute Gasteiger partial charge is 0.128 e. The molecule has 18 heavy (non-hydrogen) atoms. The molecule has 0 radical (unpaired) electrons. The summed E-state index contributed by atoms with van der Waals surface area (Å²) in [5.41, 5.74) is 6.30. The third-order valence-electron chi connectivity index (χ3n) is 2.77. The Morgan fingerprint density at radius 2 is 1.94 bits per heavy atom. The SMILES string of the molecule is CC(C)CC[C@@H](O)[C@@H](N)c1cc(I)ccc1F.Cl. The van der Waals surface area contributed by atoms with Crippen LogP contribution in [0.3, 0.4) is 0 Å². The van der Waals surface area contributed by atoms with Gasteiger partial charge in [-0.15, -0.1) is 12.4 Å². The maximum atomic E-state index is 13.6. The Hall–Kier alpha value is 0.0900. The zero-order valence-corrected chi connectivity index (χ0v) is 13.5. The van der Waals surface area contributed by atoms with Gasteiger partial charge in [-0.2, -0.15) is 0 Å². The standard InChI is InChI=1S/C13H19FINO.ClH/c1-8(2)3-6-12(17)13(16)10-7-9(15)4-5-11(10)14;/h4-5,7-8,12-13,17H,3,6,16H2,1-2H3;1H/t12-,13+;/m1./s1. The van der Waals surface area contributed by atoms with Crippen molar-refractivity contribution in [1.82, 2.24) is 0 Å². The normalized spacial score (nSPS) is 14.2. The quantitative estimate of drug-likeness (QED) is 0.758. The van der Waals surface area contributed by atoms with Crippen molar-refractivity contribution in [2.24, 2.45) is 11.7 Å². The second kappa shape index (κ2) is 8.30. The lowest BCUT2D eigenvalue weighted by atomic mass is 9.96. The molecule has 1 rings (SSSR count). The highest BCUT2D eigenvalue weighted by atomic mass is 127. The number of rotatable bonds is 5. The van der Waals surface area contributed by atoms with Crippen LogP contribution in [0.4, 0.5) is 4.39 Å². The first kappa shape index (κ1) is 18.1. The molecule has 0 aliphatic rings. The highest BCUT2D eigenvalue weighted by Gasteiger charge is 2.20. The van der Waals surface area contributed by atoms with Crippen molar-refractivity contribution in [3.05, 3.63) is 33.1 Å². The first-order valence-corrected chi connectivity index (χ1v) is 6.88. The number of hydrogen-bond acceptors (Lipinski definition) is 2. The van der Waals surface area contributed by atoms with Crippen molar-refractivity contribution in [3.8, 4) is 0 Å². The third kappa shape index (κ3) is 5.38. The minimum Gasteiger partial charge on any atom is -0.391 e. The van der Waals surface area contributed by atoms with E-state index >= 15 is 0 Å². The minimum atomic E-state index is -0.690. The zero-order chi connectivity index (χ0) is 13.0. The second-order valence-corrected chi connectivity index (χ2v) is 5.98. The average Bonchev–Trinajstić information content (AvgIpc) is 2.28. The molecule has 0 bridgehead atoms. The molecule has 104 valence electrons. The molecule has 5 heteroatoms. The van der Waals surface area contributed by atoms with Gasteiger partial charge in [-0.1, -0.05) is 13.8 Å². The lowest BCUT2D eigenvalue weighted by Gasteiger charge is -2.20. The predicted molar refractivity (Wildman–Crippen MR) is 83.4 cm³/mol. The van der Waals surface area contributed by atoms with Crippen molar-refractivity contribution in [2.45, 2.75) is 38.8 Å². The van der Waals surface area contributed by atoms with Crippen molar-refractivity contribution in [1.29, 1.82) is 0 Å². The summed E-state index contributed by atoms with van der Waals surface area (Å²) in [5.74, 6) is 0.166. The van der Waals surface area contributed by atoms with Crippen LogP contribution in [0.15, 0.2) is 18.2 Å². The van der Waals surface area contributed by atoms with E-state index in [2.05, 4.69) is 36.4 Å². The van der Waals surface area contributed by atoms with E-state index in [9.17, 15) is 9.50 Å². The lowest BCUT2D eigenvalue weighted by Crippen LogP contribution is -2.27. The molecule has 0 saturated carbocycles. The molecule has 3 N–H and O–H groups in total. The molecule has 0 unspecified atom stereocenters. The molecule has 0 heterocycles. The van der Waals surface area contributed by atoms with Crippen LogP contribution in [0.5, 0.6) is 0 Å². The van der Waals surface area contributed by atoms with E-state index in [4.69, 9.17) is 5.73 Å². The summed E-state index contributed by atoms with van der Waals surface area (Å²) in [6.45, 7) is 4.18. The van der Waals surface area contributed by atoms with Crippen molar-refractivity contribution in [3.63, 3.8) is 0 Å². The first-order chi connectivity index (χ1) is 7.91. The van der Waals surface area contributed by atoms with E-state index < -0.39 is 12.1 Å². The summed E-state index contributed by atoms with van der Waals surface area (Å²) < 4.78 is 14.5. The number of aliphatic hydroxyl groups excluding tert-OH is 1. The Labute approximate surface area is 128 Å². The first-order valence-electron chi connectivity index (χ1n) is 5.80. The van der Waals surface area contributed by atoms with Gasteiger partial charge in [0.1, 0.15) is 5.82 Å². The minimum absolute atomic E-state index is 0. The summed E-state index contributed by atoms with van der Waals surface area (Å²) in [5, 5.41) is 9.94. The summed E-state index contributed by atoms with van der Waals surface area (Å²) in [7, 11) is 0. The summed E-state index contributed by atoms with van der Waals surface area (Å²) >= 11 is 2.11. The van der Waals surface area contributed by atoms with E-state index in [-0.39, 0.29) is 18.2 Å². The molecule has 1 aromatic rings. The molecule has 0 amide bonds. The van der Waals surface area contributed by atoms with Crippen LogP contribution in [0.1, 0.15) is 38.3 Å². The molecular weight excluding hydrogens is 368 g/mol. The lowest BCUT2D eigenvalue weighted by molar-refractivity contribution is 0.127. The van der Waals surface area contributed by atoms with Crippen molar-refractivity contribution in [2.75, 3.05) is 0 Å².